The number of nitrogens with zero attached hydrogens (tertiary/aromatic N) is 2. The summed E-state index contributed by atoms with van der Waals surface area (Å²) < 4.78 is 16.2. The summed E-state index contributed by atoms with van der Waals surface area (Å²) >= 11 is 0. The van der Waals surface area contributed by atoms with Crippen LogP contribution in [-0.2, 0) is 11.4 Å². The van der Waals surface area contributed by atoms with Crippen molar-refractivity contribution in [3.63, 3.8) is 0 Å². The number of aromatic nitrogens is 2. The predicted molar refractivity (Wildman–Crippen MR) is 99.3 cm³/mol. The maximum absolute atomic E-state index is 11.1. The van der Waals surface area contributed by atoms with Gasteiger partial charge in [0.25, 0.3) is 0 Å². The van der Waals surface area contributed by atoms with Gasteiger partial charge in [-0.25, -0.2) is 0 Å². The summed E-state index contributed by atoms with van der Waals surface area (Å²) in [4.78, 5) is 15.4. The average Bonchev–Trinajstić information content (AvgIpc) is 3.17. The summed E-state index contributed by atoms with van der Waals surface area (Å²) in [5.41, 5.74) is 1.85. The third-order valence-corrected chi connectivity index (χ3v) is 3.91. The van der Waals surface area contributed by atoms with Gasteiger partial charge in [-0.1, -0.05) is 17.3 Å². The normalized spacial score (nSPS) is 11.7. The molecule has 1 unspecified atom stereocenters. The second-order valence-electron chi connectivity index (χ2n) is 6.04. The van der Waals surface area contributed by atoms with E-state index >= 15 is 0 Å². The lowest BCUT2D eigenvalue weighted by atomic mass is 10.2. The molecule has 1 amide bonds. The van der Waals surface area contributed by atoms with Crippen molar-refractivity contribution in [2.24, 2.45) is 0 Å². The summed E-state index contributed by atoms with van der Waals surface area (Å²) in [5, 5.41) is 6.67. The Hall–Kier alpha value is -3.35. The molecule has 1 aromatic heterocycles. The van der Waals surface area contributed by atoms with Crippen LogP contribution in [0.25, 0.3) is 11.4 Å². The molecular weight excluding hydrogens is 346 g/mol. The van der Waals surface area contributed by atoms with Gasteiger partial charge in [0.05, 0.1) is 7.11 Å². The Bertz CT molecular complexity index is 888. The topological polar surface area (TPSA) is 86.5 Å². The summed E-state index contributed by atoms with van der Waals surface area (Å²) in [6.45, 7) is 3.69. The molecule has 0 saturated carbocycles. The second kappa shape index (κ2) is 8.35. The van der Waals surface area contributed by atoms with Gasteiger partial charge in [0, 0.05) is 12.5 Å². The molecule has 0 radical (unpaired) electrons. The SMILES string of the molecule is COc1ccc(COc2ccc(-c3noc(C(C)NC(C)=O)n3)cc2)cc1. The molecule has 0 bridgehead atoms. The van der Waals surface area contributed by atoms with Gasteiger partial charge < -0.3 is 19.3 Å². The van der Waals surface area contributed by atoms with Crippen molar-refractivity contribution in [2.75, 3.05) is 7.11 Å². The highest BCUT2D eigenvalue weighted by molar-refractivity contribution is 5.73. The summed E-state index contributed by atoms with van der Waals surface area (Å²) in [6.07, 6.45) is 0. The predicted octanol–water partition coefficient (Wildman–Crippen LogP) is 3.52. The second-order valence-corrected chi connectivity index (χ2v) is 6.04. The van der Waals surface area contributed by atoms with Crippen molar-refractivity contribution in [2.45, 2.75) is 26.5 Å². The molecule has 1 N–H and O–H groups in total. The van der Waals surface area contributed by atoms with Crippen molar-refractivity contribution < 1.29 is 18.8 Å². The zero-order valence-corrected chi connectivity index (χ0v) is 15.4. The number of amides is 1. The molecule has 0 spiro atoms. The van der Waals surface area contributed by atoms with Gasteiger partial charge in [0.15, 0.2) is 0 Å². The summed E-state index contributed by atoms with van der Waals surface area (Å²) in [6, 6.07) is 14.8. The number of rotatable bonds is 7. The first-order valence-electron chi connectivity index (χ1n) is 8.52. The minimum Gasteiger partial charge on any atom is -0.497 e. The van der Waals surface area contributed by atoms with Crippen LogP contribution in [0.3, 0.4) is 0 Å². The molecular formula is C20H21N3O4. The highest BCUT2D eigenvalue weighted by atomic mass is 16.5. The standard InChI is InChI=1S/C20H21N3O4/c1-13(21-14(2)24)20-22-19(23-27-20)16-6-10-18(11-7-16)26-12-15-4-8-17(25-3)9-5-15/h4-11,13H,12H2,1-3H3,(H,21,24). The lowest BCUT2D eigenvalue weighted by molar-refractivity contribution is -0.119. The molecule has 0 fully saturated rings. The lowest BCUT2D eigenvalue weighted by Crippen LogP contribution is -2.23. The van der Waals surface area contributed by atoms with Gasteiger partial charge in [-0.3, -0.25) is 4.79 Å². The van der Waals surface area contributed by atoms with E-state index in [1.54, 1.807) is 14.0 Å². The Morgan fingerprint density at radius 1 is 1.11 bits per heavy atom. The summed E-state index contributed by atoms with van der Waals surface area (Å²) in [5.74, 6) is 2.23. The van der Waals surface area contributed by atoms with E-state index < -0.39 is 0 Å². The fourth-order valence-corrected chi connectivity index (χ4v) is 2.48. The van der Waals surface area contributed by atoms with Crippen molar-refractivity contribution in [1.82, 2.24) is 15.5 Å². The van der Waals surface area contributed by atoms with Gasteiger partial charge >= 0.3 is 0 Å². The number of hydrogen-bond donors (Lipinski definition) is 1. The summed E-state index contributed by atoms with van der Waals surface area (Å²) in [7, 11) is 1.64. The smallest absolute Gasteiger partial charge is 0.249 e. The van der Waals surface area contributed by atoms with E-state index in [2.05, 4.69) is 15.5 Å². The average molecular weight is 367 g/mol. The minimum atomic E-state index is -0.337. The van der Waals surface area contributed by atoms with E-state index in [0.717, 1.165) is 22.6 Å². The lowest BCUT2D eigenvalue weighted by Gasteiger charge is -2.07. The molecule has 0 aliphatic rings. The molecule has 2 aromatic carbocycles. The maximum Gasteiger partial charge on any atom is 0.249 e. The molecule has 1 heterocycles. The number of benzene rings is 2. The molecule has 7 nitrogen and oxygen atoms in total. The Morgan fingerprint density at radius 2 is 1.78 bits per heavy atom. The van der Waals surface area contributed by atoms with Crippen LogP contribution in [0.1, 0.15) is 31.3 Å². The Kier molecular flexibility index (Phi) is 5.71. The van der Waals surface area contributed by atoms with Crippen molar-refractivity contribution in [1.29, 1.82) is 0 Å². The number of carbonyl (C=O) groups is 1. The molecule has 3 aromatic rings. The number of nitrogens with one attached hydrogen (secondary N) is 1. The number of carbonyl (C=O) groups excluding carboxylic acids is 1. The fourth-order valence-electron chi connectivity index (χ4n) is 2.48. The van der Waals surface area contributed by atoms with E-state index in [4.69, 9.17) is 14.0 Å². The zero-order valence-electron chi connectivity index (χ0n) is 15.4. The quantitative estimate of drug-likeness (QED) is 0.687. The third-order valence-electron chi connectivity index (χ3n) is 3.91. The van der Waals surface area contributed by atoms with Crippen LogP contribution in [0.15, 0.2) is 53.1 Å². The minimum absolute atomic E-state index is 0.152. The number of methoxy groups -OCH3 is 1. The van der Waals surface area contributed by atoms with E-state index in [9.17, 15) is 4.79 Å². The van der Waals surface area contributed by atoms with Crippen LogP contribution < -0.4 is 14.8 Å². The van der Waals surface area contributed by atoms with Gasteiger partial charge in [-0.2, -0.15) is 4.98 Å². The van der Waals surface area contributed by atoms with Crippen molar-refractivity contribution >= 4 is 5.91 Å². The highest BCUT2D eigenvalue weighted by Crippen LogP contribution is 2.22. The van der Waals surface area contributed by atoms with E-state index in [1.807, 2.05) is 48.5 Å². The van der Waals surface area contributed by atoms with Crippen LogP contribution in [0.2, 0.25) is 0 Å². The fraction of sp³-hybridized carbons (Fsp3) is 0.250. The highest BCUT2D eigenvalue weighted by Gasteiger charge is 2.15. The molecule has 0 aliphatic heterocycles. The zero-order chi connectivity index (χ0) is 19.2. The molecule has 27 heavy (non-hydrogen) atoms. The maximum atomic E-state index is 11.1. The van der Waals surface area contributed by atoms with E-state index in [-0.39, 0.29) is 11.9 Å². The van der Waals surface area contributed by atoms with Crippen LogP contribution >= 0.6 is 0 Å². The first-order chi connectivity index (χ1) is 13.0. The first-order valence-corrected chi connectivity index (χ1v) is 8.52. The molecule has 0 saturated heterocycles. The molecule has 0 aliphatic carbocycles. The third kappa shape index (κ3) is 4.84. The van der Waals surface area contributed by atoms with Crippen LogP contribution in [0.4, 0.5) is 0 Å². The van der Waals surface area contributed by atoms with Crippen molar-refractivity contribution in [3.05, 3.63) is 60.0 Å². The van der Waals surface area contributed by atoms with Gasteiger partial charge in [-0.05, 0) is 48.9 Å². The van der Waals surface area contributed by atoms with Gasteiger partial charge in [0.1, 0.15) is 24.1 Å². The molecule has 1 atom stereocenters. The number of hydrogen-bond acceptors (Lipinski definition) is 6. The largest absolute Gasteiger partial charge is 0.497 e. The first kappa shape index (κ1) is 18.4. The molecule has 3 rings (SSSR count). The van der Waals surface area contributed by atoms with E-state index in [0.29, 0.717) is 18.3 Å². The monoisotopic (exact) mass is 367 g/mol. The van der Waals surface area contributed by atoms with Crippen molar-refractivity contribution in [3.8, 4) is 22.9 Å². The van der Waals surface area contributed by atoms with Crippen LogP contribution in [-0.4, -0.2) is 23.2 Å². The Labute approximate surface area is 157 Å². The molecule has 7 heteroatoms. The number of ether oxygens (including phenoxy) is 2. The Balaban J connectivity index is 1.61. The van der Waals surface area contributed by atoms with Gasteiger partial charge in [-0.15, -0.1) is 0 Å². The van der Waals surface area contributed by atoms with Crippen LogP contribution in [0.5, 0.6) is 11.5 Å². The van der Waals surface area contributed by atoms with Gasteiger partial charge in [0.2, 0.25) is 17.6 Å². The Morgan fingerprint density at radius 3 is 2.41 bits per heavy atom. The molecule has 140 valence electrons. The van der Waals surface area contributed by atoms with E-state index in [1.165, 1.54) is 6.92 Å². The van der Waals surface area contributed by atoms with Crippen LogP contribution in [0, 0.1) is 0 Å².